The molecule has 1 aliphatic carbocycles. The van der Waals surface area contributed by atoms with Gasteiger partial charge in [0.15, 0.2) is 0 Å². The van der Waals surface area contributed by atoms with E-state index in [1.54, 1.807) is 0 Å². The summed E-state index contributed by atoms with van der Waals surface area (Å²) in [5.74, 6) is 0. The molecule has 0 spiro atoms. The third-order valence-corrected chi connectivity index (χ3v) is 4.39. The summed E-state index contributed by atoms with van der Waals surface area (Å²) in [6.07, 6.45) is 6.47. The first kappa shape index (κ1) is 13.6. The minimum Gasteiger partial charge on any atom is -0.312 e. The Morgan fingerprint density at radius 2 is 1.94 bits per heavy atom. The molecule has 1 N–H and O–H groups in total. The van der Waals surface area contributed by atoms with Crippen molar-refractivity contribution in [3.63, 3.8) is 0 Å². The fourth-order valence-electron chi connectivity index (χ4n) is 3.04. The summed E-state index contributed by atoms with van der Waals surface area (Å²) in [7, 11) is 0. The van der Waals surface area contributed by atoms with E-state index in [4.69, 9.17) is 5.10 Å². The van der Waals surface area contributed by atoms with Gasteiger partial charge >= 0.3 is 0 Å². The Morgan fingerprint density at radius 1 is 1.22 bits per heavy atom. The second-order valence-electron chi connectivity index (χ2n) is 5.65. The van der Waals surface area contributed by atoms with Crippen LogP contribution >= 0.6 is 0 Å². The van der Waals surface area contributed by atoms with Crippen LogP contribution in [-0.2, 0) is 0 Å². The molecule has 1 heterocycles. The zero-order chi connectivity index (χ0) is 13.1. The molecule has 1 aromatic rings. The van der Waals surface area contributed by atoms with Crippen molar-refractivity contribution in [1.82, 2.24) is 15.1 Å². The third kappa shape index (κ3) is 2.61. The van der Waals surface area contributed by atoms with Gasteiger partial charge < -0.3 is 5.32 Å². The zero-order valence-electron chi connectivity index (χ0n) is 12.3. The lowest BCUT2D eigenvalue weighted by Gasteiger charge is -2.33. The lowest BCUT2D eigenvalue weighted by atomic mass is 9.90. The van der Waals surface area contributed by atoms with Gasteiger partial charge in [-0.25, -0.2) is 0 Å². The van der Waals surface area contributed by atoms with E-state index in [9.17, 15) is 0 Å². The van der Waals surface area contributed by atoms with E-state index in [1.807, 2.05) is 0 Å². The number of nitrogens with one attached hydrogen (secondary N) is 1. The Labute approximate surface area is 111 Å². The average Bonchev–Trinajstić information content (AvgIpc) is 2.64. The fraction of sp³-hybridized carbons (Fsp3) is 0.800. The van der Waals surface area contributed by atoms with Crippen molar-refractivity contribution in [2.75, 3.05) is 6.54 Å². The maximum absolute atomic E-state index is 4.77. The van der Waals surface area contributed by atoms with Crippen LogP contribution in [0.2, 0.25) is 0 Å². The molecule has 3 heteroatoms. The molecule has 1 aromatic heterocycles. The van der Waals surface area contributed by atoms with Crippen LogP contribution in [0.1, 0.15) is 62.0 Å². The number of hydrogen-bond acceptors (Lipinski definition) is 2. The average molecular weight is 249 g/mol. The van der Waals surface area contributed by atoms with Gasteiger partial charge in [0.05, 0.1) is 11.7 Å². The monoisotopic (exact) mass is 249 g/mol. The van der Waals surface area contributed by atoms with Crippen LogP contribution in [0.25, 0.3) is 0 Å². The molecule has 2 rings (SSSR count). The number of hydrogen-bond donors (Lipinski definition) is 1. The minimum absolute atomic E-state index is 0.553. The van der Waals surface area contributed by atoms with E-state index in [0.29, 0.717) is 12.1 Å². The molecule has 0 amide bonds. The molecule has 1 fully saturated rings. The minimum atomic E-state index is 0.553. The highest BCUT2D eigenvalue weighted by molar-refractivity contribution is 5.23. The van der Waals surface area contributed by atoms with Crippen LogP contribution in [0.3, 0.4) is 0 Å². The van der Waals surface area contributed by atoms with E-state index < -0.39 is 0 Å². The highest BCUT2D eigenvalue weighted by atomic mass is 15.3. The van der Waals surface area contributed by atoms with Crippen LogP contribution < -0.4 is 5.32 Å². The van der Waals surface area contributed by atoms with Gasteiger partial charge in [-0.1, -0.05) is 19.8 Å². The summed E-state index contributed by atoms with van der Waals surface area (Å²) >= 11 is 0. The largest absolute Gasteiger partial charge is 0.312 e. The van der Waals surface area contributed by atoms with Gasteiger partial charge in [-0.15, -0.1) is 0 Å². The van der Waals surface area contributed by atoms with E-state index in [2.05, 4.69) is 37.7 Å². The molecule has 0 aromatic carbocycles. The molecule has 0 aliphatic heterocycles. The Morgan fingerprint density at radius 3 is 2.56 bits per heavy atom. The quantitative estimate of drug-likeness (QED) is 0.887. The number of rotatable bonds is 4. The van der Waals surface area contributed by atoms with Crippen molar-refractivity contribution in [3.8, 4) is 0 Å². The van der Waals surface area contributed by atoms with Gasteiger partial charge in [-0.2, -0.15) is 5.10 Å². The molecule has 102 valence electrons. The number of nitrogens with zero attached hydrogens (tertiary/aromatic N) is 2. The molecular weight excluding hydrogens is 222 g/mol. The van der Waals surface area contributed by atoms with Crippen LogP contribution in [0.5, 0.6) is 0 Å². The van der Waals surface area contributed by atoms with Crippen molar-refractivity contribution >= 4 is 0 Å². The van der Waals surface area contributed by atoms with Crippen LogP contribution in [0.4, 0.5) is 0 Å². The van der Waals surface area contributed by atoms with E-state index in [1.165, 1.54) is 49.1 Å². The van der Waals surface area contributed by atoms with Gasteiger partial charge in [-0.3, -0.25) is 4.68 Å². The molecule has 1 aliphatic rings. The van der Waals surface area contributed by atoms with Gasteiger partial charge in [0.25, 0.3) is 0 Å². The predicted octanol–water partition coefficient (Wildman–Crippen LogP) is 3.29. The van der Waals surface area contributed by atoms with Gasteiger partial charge in [0.2, 0.25) is 0 Å². The molecule has 18 heavy (non-hydrogen) atoms. The van der Waals surface area contributed by atoms with Crippen molar-refractivity contribution in [1.29, 1.82) is 0 Å². The molecule has 0 saturated heterocycles. The van der Waals surface area contributed by atoms with Crippen LogP contribution in [-0.4, -0.2) is 22.4 Å². The first-order valence-corrected chi connectivity index (χ1v) is 7.40. The van der Waals surface area contributed by atoms with E-state index >= 15 is 0 Å². The van der Waals surface area contributed by atoms with Crippen molar-refractivity contribution in [2.45, 2.75) is 71.9 Å². The van der Waals surface area contributed by atoms with Crippen molar-refractivity contribution < 1.29 is 0 Å². The van der Waals surface area contributed by atoms with E-state index in [-0.39, 0.29) is 0 Å². The summed E-state index contributed by atoms with van der Waals surface area (Å²) in [5.41, 5.74) is 3.89. The number of aromatic nitrogens is 2. The summed E-state index contributed by atoms with van der Waals surface area (Å²) in [5, 5.41) is 8.48. The highest BCUT2D eigenvalue weighted by Crippen LogP contribution is 2.30. The molecule has 0 bridgehead atoms. The summed E-state index contributed by atoms with van der Waals surface area (Å²) in [6, 6.07) is 1.16. The second kappa shape index (κ2) is 5.87. The molecule has 3 nitrogen and oxygen atoms in total. The first-order chi connectivity index (χ1) is 8.65. The summed E-state index contributed by atoms with van der Waals surface area (Å²) in [6.45, 7) is 9.88. The summed E-state index contributed by atoms with van der Waals surface area (Å²) < 4.78 is 2.29. The van der Waals surface area contributed by atoms with Gasteiger partial charge in [0.1, 0.15) is 0 Å². The normalized spacial score (nSPS) is 24.4. The molecule has 2 unspecified atom stereocenters. The molecular formula is C15H27N3. The molecule has 0 radical (unpaired) electrons. The summed E-state index contributed by atoms with van der Waals surface area (Å²) in [4.78, 5) is 0. The maximum Gasteiger partial charge on any atom is 0.0675 e. The van der Waals surface area contributed by atoms with Gasteiger partial charge in [-0.05, 0) is 52.1 Å². The molecule has 1 saturated carbocycles. The van der Waals surface area contributed by atoms with E-state index in [0.717, 1.165) is 6.54 Å². The smallest absolute Gasteiger partial charge is 0.0675 e. The topological polar surface area (TPSA) is 29.9 Å². The van der Waals surface area contributed by atoms with Crippen molar-refractivity contribution in [2.24, 2.45) is 0 Å². The zero-order valence-corrected chi connectivity index (χ0v) is 12.3. The van der Waals surface area contributed by atoms with Gasteiger partial charge in [0, 0.05) is 11.7 Å². The lowest BCUT2D eigenvalue weighted by Crippen LogP contribution is -2.40. The lowest BCUT2D eigenvalue weighted by molar-refractivity contribution is 0.244. The highest BCUT2D eigenvalue weighted by Gasteiger charge is 2.28. The van der Waals surface area contributed by atoms with Crippen LogP contribution in [0, 0.1) is 20.8 Å². The number of aryl methyl sites for hydroxylation is 1. The molecule has 2 atom stereocenters. The Kier molecular flexibility index (Phi) is 4.44. The maximum atomic E-state index is 4.77. The van der Waals surface area contributed by atoms with Crippen LogP contribution in [0.15, 0.2) is 0 Å². The fourth-order valence-corrected chi connectivity index (χ4v) is 3.04. The standard InChI is InChI=1S/C15H27N3/c1-5-10-16-14-8-6-7-9-15(14)18-13(4)11(2)12(3)17-18/h14-16H,5-10H2,1-4H3. The Bertz CT molecular complexity index is 395. The first-order valence-electron chi connectivity index (χ1n) is 7.40. The predicted molar refractivity (Wildman–Crippen MR) is 76.0 cm³/mol. The van der Waals surface area contributed by atoms with Crippen molar-refractivity contribution in [3.05, 3.63) is 17.0 Å². The SMILES string of the molecule is CCCNC1CCCCC1n1nc(C)c(C)c1C. The third-order valence-electron chi connectivity index (χ3n) is 4.39. The Balaban J connectivity index is 2.19. The Hall–Kier alpha value is -0.830. The second-order valence-corrected chi connectivity index (χ2v) is 5.65.